The van der Waals surface area contributed by atoms with Crippen LogP contribution in [-0.4, -0.2) is 10.2 Å². The molecule has 19 heavy (non-hydrogen) atoms. The lowest BCUT2D eigenvalue weighted by atomic mass is 10.1. The summed E-state index contributed by atoms with van der Waals surface area (Å²) in [5.74, 6) is 0. The van der Waals surface area contributed by atoms with Crippen molar-refractivity contribution in [3.05, 3.63) is 65.7 Å². The Kier molecular flexibility index (Phi) is 3.31. The van der Waals surface area contributed by atoms with E-state index in [4.69, 9.17) is 0 Å². The molecule has 0 saturated heterocycles. The van der Waals surface area contributed by atoms with Crippen molar-refractivity contribution >= 4 is 39.8 Å². The Hall–Kier alpha value is -1.72. The maximum atomic E-state index is 12.1. The molecule has 0 amide bonds. The van der Waals surface area contributed by atoms with Gasteiger partial charge < -0.3 is 0 Å². The van der Waals surface area contributed by atoms with Crippen LogP contribution in [-0.2, 0) is 0 Å². The van der Waals surface area contributed by atoms with Crippen LogP contribution in [0, 0.1) is 0 Å². The predicted octanol–water partition coefficient (Wildman–Crippen LogP) is 3.78. The van der Waals surface area contributed by atoms with E-state index >= 15 is 0 Å². The zero-order chi connectivity index (χ0) is 13.2. The molecule has 1 aliphatic rings. The molecule has 0 fully saturated rings. The van der Waals surface area contributed by atoms with Crippen molar-refractivity contribution in [1.82, 2.24) is 0 Å². The van der Waals surface area contributed by atoms with Gasteiger partial charge in [0.2, 0.25) is 10.2 Å². The average Bonchev–Trinajstić information content (AvgIpc) is 2.46. The quantitative estimate of drug-likeness (QED) is 0.746. The zero-order valence-corrected chi connectivity index (χ0v) is 11.4. The number of hydrogen-bond acceptors (Lipinski definition) is 5. The molecule has 0 atom stereocenters. The number of nitrogens with zero attached hydrogens (tertiary/aromatic N) is 1. The largest absolute Gasteiger partial charge is 0.280 e. The highest BCUT2D eigenvalue weighted by Crippen LogP contribution is 2.36. The topological polar surface area (TPSA) is 37.4 Å². The highest BCUT2D eigenvalue weighted by molar-refractivity contribution is 8.31. The van der Waals surface area contributed by atoms with E-state index in [0.29, 0.717) is 11.1 Å². The third-order valence-electron chi connectivity index (χ3n) is 2.63. The van der Waals surface area contributed by atoms with Crippen LogP contribution in [0.4, 0.5) is 5.69 Å². The van der Waals surface area contributed by atoms with Crippen LogP contribution in [0.25, 0.3) is 0 Å². The third-order valence-corrected chi connectivity index (χ3v) is 4.64. The first-order valence-corrected chi connectivity index (χ1v) is 7.18. The molecular formula is C14H9NO2S2. The Bertz CT molecular complexity index is 610. The smallest absolute Gasteiger partial charge is 0.240 e. The molecule has 0 unspecified atom stereocenters. The first-order valence-electron chi connectivity index (χ1n) is 5.64. The lowest BCUT2D eigenvalue weighted by molar-refractivity contribution is 0.108. The Morgan fingerprint density at radius 3 is 1.89 bits per heavy atom. The SMILES string of the molecule is O=C1SN(c2ccccc2)SC(=O)c2cccc1c2. The van der Waals surface area contributed by atoms with Crippen molar-refractivity contribution in [2.75, 3.05) is 3.71 Å². The average molecular weight is 287 g/mol. The molecule has 0 N–H and O–H groups in total. The van der Waals surface area contributed by atoms with Crippen LogP contribution in [0.5, 0.6) is 0 Å². The fourth-order valence-electron chi connectivity index (χ4n) is 1.70. The molecule has 3 rings (SSSR count). The van der Waals surface area contributed by atoms with E-state index in [-0.39, 0.29) is 10.2 Å². The van der Waals surface area contributed by atoms with Gasteiger partial charge in [-0.15, -0.1) is 0 Å². The summed E-state index contributed by atoms with van der Waals surface area (Å²) in [6.45, 7) is 0. The van der Waals surface area contributed by atoms with Gasteiger partial charge in [0.15, 0.2) is 0 Å². The van der Waals surface area contributed by atoms with Crippen molar-refractivity contribution in [1.29, 1.82) is 0 Å². The van der Waals surface area contributed by atoms with Gasteiger partial charge in [-0.05, 0) is 18.2 Å². The molecule has 0 radical (unpaired) electrons. The van der Waals surface area contributed by atoms with Crippen LogP contribution < -0.4 is 3.71 Å². The number of hydrogen-bond donors (Lipinski definition) is 0. The lowest BCUT2D eigenvalue weighted by Gasteiger charge is -2.21. The Morgan fingerprint density at radius 2 is 1.32 bits per heavy atom. The standard InChI is InChI=1S/C14H9NO2S2/c16-13-10-5-4-6-11(9-10)14(17)19-15(18-13)12-7-2-1-3-8-12/h1-9H. The maximum absolute atomic E-state index is 12.1. The number of benzene rings is 2. The summed E-state index contributed by atoms with van der Waals surface area (Å²) in [4.78, 5) is 24.2. The van der Waals surface area contributed by atoms with Gasteiger partial charge in [0, 0.05) is 35.0 Å². The van der Waals surface area contributed by atoms with Gasteiger partial charge in [0.05, 0.1) is 5.69 Å². The maximum Gasteiger partial charge on any atom is 0.240 e. The highest BCUT2D eigenvalue weighted by atomic mass is 32.2. The molecule has 0 aliphatic carbocycles. The summed E-state index contributed by atoms with van der Waals surface area (Å²) < 4.78 is 1.66. The monoisotopic (exact) mass is 287 g/mol. The normalized spacial score (nSPS) is 15.1. The van der Waals surface area contributed by atoms with Gasteiger partial charge in [0.25, 0.3) is 0 Å². The number of para-hydroxylation sites is 1. The minimum absolute atomic E-state index is 0.0642. The predicted molar refractivity (Wildman–Crippen MR) is 79.2 cm³/mol. The summed E-state index contributed by atoms with van der Waals surface area (Å²) in [6, 6.07) is 16.2. The summed E-state index contributed by atoms with van der Waals surface area (Å²) in [6.07, 6.45) is 0. The number of rotatable bonds is 1. The van der Waals surface area contributed by atoms with E-state index in [9.17, 15) is 9.59 Å². The number of carbonyl (C=O) groups excluding carboxylic acids is 2. The third kappa shape index (κ3) is 2.52. The van der Waals surface area contributed by atoms with Crippen molar-refractivity contribution in [3.8, 4) is 0 Å². The molecule has 0 saturated carbocycles. The summed E-state index contributed by atoms with van der Waals surface area (Å²) in [5, 5.41) is -0.128. The molecule has 1 aliphatic heterocycles. The number of carbonyl (C=O) groups is 2. The second-order valence-electron chi connectivity index (χ2n) is 3.93. The minimum Gasteiger partial charge on any atom is -0.280 e. The van der Waals surface area contributed by atoms with Crippen molar-refractivity contribution in [2.24, 2.45) is 0 Å². The summed E-state index contributed by atoms with van der Waals surface area (Å²) in [7, 11) is 0. The molecule has 1 heterocycles. The van der Waals surface area contributed by atoms with Gasteiger partial charge in [-0.1, -0.05) is 36.4 Å². The van der Waals surface area contributed by atoms with Gasteiger partial charge >= 0.3 is 0 Å². The van der Waals surface area contributed by atoms with E-state index < -0.39 is 0 Å². The van der Waals surface area contributed by atoms with Crippen LogP contribution in [0.1, 0.15) is 20.7 Å². The van der Waals surface area contributed by atoms with Crippen LogP contribution in [0.15, 0.2) is 54.6 Å². The molecule has 3 nitrogen and oxygen atoms in total. The first-order chi connectivity index (χ1) is 9.24. The van der Waals surface area contributed by atoms with E-state index in [1.165, 1.54) is 0 Å². The van der Waals surface area contributed by atoms with E-state index in [1.807, 2.05) is 30.3 Å². The molecule has 2 aromatic rings. The highest BCUT2D eigenvalue weighted by Gasteiger charge is 2.23. The Labute approximate surface area is 119 Å². The Balaban J connectivity index is 2.00. The zero-order valence-electron chi connectivity index (χ0n) is 9.78. The van der Waals surface area contributed by atoms with E-state index in [0.717, 1.165) is 29.6 Å². The number of anilines is 1. The van der Waals surface area contributed by atoms with Gasteiger partial charge in [-0.3, -0.25) is 9.59 Å². The summed E-state index contributed by atoms with van der Waals surface area (Å²) >= 11 is 2.07. The van der Waals surface area contributed by atoms with Crippen LogP contribution in [0.2, 0.25) is 0 Å². The second-order valence-corrected chi connectivity index (χ2v) is 6.00. The summed E-state index contributed by atoms with van der Waals surface area (Å²) in [5.41, 5.74) is 1.93. The van der Waals surface area contributed by atoms with Gasteiger partial charge in [0.1, 0.15) is 0 Å². The van der Waals surface area contributed by atoms with Gasteiger partial charge in [-0.2, -0.15) is 0 Å². The fourth-order valence-corrected chi connectivity index (χ4v) is 3.48. The van der Waals surface area contributed by atoms with Crippen molar-refractivity contribution in [3.63, 3.8) is 0 Å². The molecule has 0 spiro atoms. The van der Waals surface area contributed by atoms with Crippen LogP contribution >= 0.6 is 23.9 Å². The second kappa shape index (κ2) is 5.11. The van der Waals surface area contributed by atoms with Crippen molar-refractivity contribution < 1.29 is 9.59 Å². The van der Waals surface area contributed by atoms with Crippen molar-refractivity contribution in [2.45, 2.75) is 0 Å². The molecular weight excluding hydrogens is 278 g/mol. The molecule has 0 aromatic heterocycles. The molecule has 5 heteroatoms. The van der Waals surface area contributed by atoms with E-state index in [1.54, 1.807) is 28.0 Å². The Morgan fingerprint density at radius 1 is 0.737 bits per heavy atom. The minimum atomic E-state index is -0.0642. The van der Waals surface area contributed by atoms with Crippen LogP contribution in [0.3, 0.4) is 0 Å². The molecule has 94 valence electrons. The van der Waals surface area contributed by atoms with Gasteiger partial charge in [-0.25, -0.2) is 3.71 Å². The van der Waals surface area contributed by atoms with E-state index in [2.05, 4.69) is 0 Å². The molecule has 2 bridgehead atoms. The molecule has 2 aromatic carbocycles. The number of fused-ring (bicyclic) bond motifs is 2. The fraction of sp³-hybridized carbons (Fsp3) is 0. The lowest BCUT2D eigenvalue weighted by Crippen LogP contribution is -2.15. The first kappa shape index (κ1) is 12.3.